The van der Waals surface area contributed by atoms with Gasteiger partial charge < -0.3 is 5.11 Å². The second kappa shape index (κ2) is 3.74. The van der Waals surface area contributed by atoms with Gasteiger partial charge >= 0.3 is 0 Å². The first-order chi connectivity index (χ1) is 5.54. The Balaban J connectivity index is 3.36. The lowest BCUT2D eigenvalue weighted by Gasteiger charge is -2.03. The number of carbonyl (C=O) groups excluding carboxylic acids is 1. The molecule has 0 spiro atoms. The second-order valence-electron chi connectivity index (χ2n) is 2.31. The lowest BCUT2D eigenvalue weighted by molar-refractivity contribution is 0.101. The summed E-state index contributed by atoms with van der Waals surface area (Å²) < 4.78 is 1.20. The number of rotatable bonds is 1. The highest BCUT2D eigenvalue weighted by molar-refractivity contribution is 14.1. The van der Waals surface area contributed by atoms with E-state index in [0.29, 0.717) is 13.6 Å². The van der Waals surface area contributed by atoms with E-state index in [1.165, 1.54) is 6.92 Å². The normalized spacial score (nSPS) is 9.92. The molecule has 0 saturated carbocycles. The van der Waals surface area contributed by atoms with E-state index in [2.05, 4.69) is 15.9 Å². The number of phenols is 1. The van der Waals surface area contributed by atoms with Crippen LogP contribution in [0.3, 0.4) is 0 Å². The van der Waals surface area contributed by atoms with Crippen molar-refractivity contribution in [1.29, 1.82) is 0 Å². The maximum absolute atomic E-state index is 11.0. The van der Waals surface area contributed by atoms with Gasteiger partial charge in [-0.3, -0.25) is 4.79 Å². The average molecular weight is 341 g/mol. The molecule has 1 aromatic carbocycles. The van der Waals surface area contributed by atoms with Crippen molar-refractivity contribution < 1.29 is 9.90 Å². The monoisotopic (exact) mass is 340 g/mol. The van der Waals surface area contributed by atoms with E-state index in [0.717, 1.165) is 0 Å². The van der Waals surface area contributed by atoms with Crippen molar-refractivity contribution in [2.45, 2.75) is 6.92 Å². The minimum absolute atomic E-state index is 0.0396. The van der Waals surface area contributed by atoms with Crippen molar-refractivity contribution in [3.8, 4) is 5.75 Å². The van der Waals surface area contributed by atoms with Crippen LogP contribution in [0.25, 0.3) is 0 Å². The number of Topliss-reactive ketones (excluding diaryl/α,β-unsaturated/α-hetero) is 1. The van der Waals surface area contributed by atoms with Gasteiger partial charge in [0.2, 0.25) is 0 Å². The molecule has 0 amide bonds. The van der Waals surface area contributed by atoms with E-state index in [1.807, 2.05) is 22.6 Å². The predicted octanol–water partition coefficient (Wildman–Crippen LogP) is 2.96. The van der Waals surface area contributed by atoms with Crippen LogP contribution in [0, 0.1) is 3.57 Å². The molecule has 0 aromatic heterocycles. The Morgan fingerprint density at radius 3 is 2.67 bits per heavy atom. The fourth-order valence-electron chi connectivity index (χ4n) is 0.813. The Morgan fingerprint density at radius 2 is 2.17 bits per heavy atom. The molecule has 1 aromatic rings. The topological polar surface area (TPSA) is 37.3 Å². The number of aromatic hydroxyl groups is 1. The third-order valence-corrected chi connectivity index (χ3v) is 3.18. The fraction of sp³-hybridized carbons (Fsp3) is 0.125. The van der Waals surface area contributed by atoms with Crippen LogP contribution in [0.1, 0.15) is 17.3 Å². The number of hydrogen-bond acceptors (Lipinski definition) is 2. The zero-order chi connectivity index (χ0) is 9.30. The number of carbonyl (C=O) groups is 1. The second-order valence-corrected chi connectivity index (χ2v) is 4.25. The Labute approximate surface area is 92.2 Å². The first-order valence-corrected chi connectivity index (χ1v) is 5.09. The zero-order valence-electron chi connectivity index (χ0n) is 6.27. The number of ketones is 1. The molecule has 4 heteroatoms. The molecule has 0 bridgehead atoms. The van der Waals surface area contributed by atoms with Gasteiger partial charge in [-0.25, -0.2) is 0 Å². The van der Waals surface area contributed by atoms with E-state index < -0.39 is 0 Å². The van der Waals surface area contributed by atoms with Crippen LogP contribution in [-0.2, 0) is 0 Å². The number of phenolic OH excluding ortho intramolecular Hbond substituents is 1. The van der Waals surface area contributed by atoms with Crippen molar-refractivity contribution in [1.82, 2.24) is 0 Å². The fourth-order valence-corrected chi connectivity index (χ4v) is 2.36. The Hall–Kier alpha value is -0.100. The largest absolute Gasteiger partial charge is 0.506 e. The van der Waals surface area contributed by atoms with Crippen molar-refractivity contribution in [3.05, 3.63) is 25.7 Å². The first kappa shape index (κ1) is 9.98. The quantitative estimate of drug-likeness (QED) is 0.630. The van der Waals surface area contributed by atoms with Gasteiger partial charge in [0.05, 0.1) is 8.04 Å². The molecule has 1 rings (SSSR count). The number of halogens is 2. The van der Waals surface area contributed by atoms with Crippen molar-refractivity contribution in [2.24, 2.45) is 0 Å². The summed E-state index contributed by atoms with van der Waals surface area (Å²) in [6.07, 6.45) is 0. The van der Waals surface area contributed by atoms with Crippen LogP contribution < -0.4 is 0 Å². The van der Waals surface area contributed by atoms with Gasteiger partial charge in [0.15, 0.2) is 5.78 Å². The molecule has 0 aliphatic carbocycles. The van der Waals surface area contributed by atoms with Gasteiger partial charge in [-0.1, -0.05) is 0 Å². The highest BCUT2D eigenvalue weighted by atomic mass is 127. The highest BCUT2D eigenvalue weighted by Crippen LogP contribution is 2.31. The molecule has 0 heterocycles. The van der Waals surface area contributed by atoms with Crippen molar-refractivity contribution in [3.63, 3.8) is 0 Å². The highest BCUT2D eigenvalue weighted by Gasteiger charge is 2.10. The predicted molar refractivity (Wildman–Crippen MR) is 58.5 cm³/mol. The molecule has 12 heavy (non-hydrogen) atoms. The smallest absolute Gasteiger partial charge is 0.161 e. The SMILES string of the molecule is CC(=O)c1ccc(Br)c(O)c1I. The van der Waals surface area contributed by atoms with E-state index in [4.69, 9.17) is 0 Å². The molecular formula is C8H6BrIO2. The van der Waals surface area contributed by atoms with Gasteiger partial charge in [-0.2, -0.15) is 0 Å². The summed E-state index contributed by atoms with van der Waals surface area (Å²) in [7, 11) is 0. The van der Waals surface area contributed by atoms with Crippen LogP contribution in [0.15, 0.2) is 16.6 Å². The van der Waals surface area contributed by atoms with Crippen LogP contribution in [0.2, 0.25) is 0 Å². The summed E-state index contributed by atoms with van der Waals surface area (Å²) in [4.78, 5) is 11.0. The van der Waals surface area contributed by atoms with Gasteiger partial charge in [0.25, 0.3) is 0 Å². The minimum atomic E-state index is -0.0396. The molecule has 0 radical (unpaired) electrons. The third-order valence-electron chi connectivity index (χ3n) is 1.45. The standard InChI is InChI=1S/C8H6BrIO2/c1-4(11)5-2-3-6(9)8(12)7(5)10/h2-3,12H,1H3. The van der Waals surface area contributed by atoms with Gasteiger partial charge in [0, 0.05) is 5.56 Å². The lowest BCUT2D eigenvalue weighted by atomic mass is 10.1. The summed E-state index contributed by atoms with van der Waals surface area (Å²) in [6.45, 7) is 1.48. The Bertz CT molecular complexity index is 336. The zero-order valence-corrected chi connectivity index (χ0v) is 10.0. The average Bonchev–Trinajstić information content (AvgIpc) is 2.00. The molecule has 1 N–H and O–H groups in total. The lowest BCUT2D eigenvalue weighted by Crippen LogP contribution is -1.95. The molecular weight excluding hydrogens is 335 g/mol. The molecule has 0 fully saturated rings. The van der Waals surface area contributed by atoms with Gasteiger partial charge in [-0.15, -0.1) is 0 Å². The maximum atomic E-state index is 11.0. The number of benzene rings is 1. The summed E-state index contributed by atoms with van der Waals surface area (Å²) in [5.74, 6) is 0.0884. The molecule has 2 nitrogen and oxygen atoms in total. The van der Waals surface area contributed by atoms with Crippen LogP contribution in [0.5, 0.6) is 5.75 Å². The van der Waals surface area contributed by atoms with E-state index in [-0.39, 0.29) is 11.5 Å². The van der Waals surface area contributed by atoms with E-state index in [1.54, 1.807) is 12.1 Å². The molecule has 0 aliphatic rings. The summed E-state index contributed by atoms with van der Waals surface area (Å²) >= 11 is 5.11. The number of hydrogen-bond donors (Lipinski definition) is 1. The molecule has 0 atom stereocenters. The first-order valence-electron chi connectivity index (χ1n) is 3.22. The Kier molecular flexibility index (Phi) is 3.11. The molecule has 0 saturated heterocycles. The minimum Gasteiger partial charge on any atom is -0.506 e. The van der Waals surface area contributed by atoms with Gasteiger partial charge in [-0.05, 0) is 57.6 Å². The molecule has 0 aliphatic heterocycles. The summed E-state index contributed by atoms with van der Waals surface area (Å²) in [6, 6.07) is 3.35. The molecule has 0 unspecified atom stereocenters. The maximum Gasteiger partial charge on any atom is 0.161 e. The summed E-state index contributed by atoms with van der Waals surface area (Å²) in [5, 5.41) is 9.43. The van der Waals surface area contributed by atoms with Crippen LogP contribution in [-0.4, -0.2) is 10.9 Å². The summed E-state index contributed by atoms with van der Waals surface area (Å²) in [5.41, 5.74) is 0.552. The van der Waals surface area contributed by atoms with Gasteiger partial charge in [0.1, 0.15) is 5.75 Å². The van der Waals surface area contributed by atoms with E-state index >= 15 is 0 Å². The van der Waals surface area contributed by atoms with Crippen molar-refractivity contribution in [2.75, 3.05) is 0 Å². The molecule has 64 valence electrons. The van der Waals surface area contributed by atoms with Crippen molar-refractivity contribution >= 4 is 44.3 Å². The third kappa shape index (κ3) is 1.80. The van der Waals surface area contributed by atoms with Crippen LogP contribution >= 0.6 is 38.5 Å². The van der Waals surface area contributed by atoms with E-state index in [9.17, 15) is 9.90 Å². The van der Waals surface area contributed by atoms with Crippen LogP contribution in [0.4, 0.5) is 0 Å². The Morgan fingerprint density at radius 1 is 1.58 bits per heavy atom.